The predicted octanol–water partition coefficient (Wildman–Crippen LogP) is 1.29. The smallest absolute Gasteiger partial charge is 0.147 e. The van der Waals surface area contributed by atoms with E-state index in [1.54, 1.807) is 12.3 Å². The second-order valence-electron chi connectivity index (χ2n) is 4.85. The Kier molecular flexibility index (Phi) is 2.80. The summed E-state index contributed by atoms with van der Waals surface area (Å²) in [6.07, 6.45) is 5.32. The third-order valence-corrected chi connectivity index (χ3v) is 3.76. The van der Waals surface area contributed by atoms with Crippen molar-refractivity contribution in [3.8, 4) is 6.07 Å². The minimum atomic E-state index is 0.296. The molecule has 18 heavy (non-hydrogen) atoms. The van der Waals surface area contributed by atoms with E-state index >= 15 is 0 Å². The first-order chi connectivity index (χ1) is 8.79. The molecular formula is C13H16N4O. The van der Waals surface area contributed by atoms with Gasteiger partial charge in [-0.3, -0.25) is 0 Å². The summed E-state index contributed by atoms with van der Waals surface area (Å²) in [7, 11) is 0. The van der Waals surface area contributed by atoms with Crippen molar-refractivity contribution in [2.24, 2.45) is 0 Å². The maximum absolute atomic E-state index is 9.21. The van der Waals surface area contributed by atoms with E-state index in [1.807, 2.05) is 0 Å². The van der Waals surface area contributed by atoms with Crippen molar-refractivity contribution in [3.05, 3.63) is 17.8 Å². The molecule has 0 aromatic carbocycles. The first-order valence-electron chi connectivity index (χ1n) is 6.33. The Balaban J connectivity index is 1.96. The second kappa shape index (κ2) is 4.46. The van der Waals surface area contributed by atoms with Crippen LogP contribution in [0.1, 0.15) is 24.8 Å². The maximum Gasteiger partial charge on any atom is 0.147 e. The Morgan fingerprint density at radius 1 is 1.50 bits per heavy atom. The van der Waals surface area contributed by atoms with Crippen molar-refractivity contribution in [2.75, 3.05) is 23.8 Å². The number of aromatic nitrogens is 1. The van der Waals surface area contributed by atoms with Gasteiger partial charge in [0.25, 0.3) is 0 Å². The van der Waals surface area contributed by atoms with Crippen LogP contribution in [0.5, 0.6) is 0 Å². The zero-order valence-electron chi connectivity index (χ0n) is 10.2. The summed E-state index contributed by atoms with van der Waals surface area (Å²) in [5.41, 5.74) is 6.77. The topological polar surface area (TPSA) is 75.2 Å². The van der Waals surface area contributed by atoms with Crippen LogP contribution >= 0.6 is 0 Å². The predicted molar refractivity (Wildman–Crippen MR) is 68.1 cm³/mol. The molecule has 2 aliphatic rings. The van der Waals surface area contributed by atoms with Crippen molar-refractivity contribution in [1.29, 1.82) is 5.26 Å². The van der Waals surface area contributed by atoms with Crippen LogP contribution < -0.4 is 10.6 Å². The van der Waals surface area contributed by atoms with E-state index in [2.05, 4.69) is 16.0 Å². The third-order valence-electron chi connectivity index (χ3n) is 3.76. The molecule has 2 fully saturated rings. The number of fused-ring (bicyclic) bond motifs is 1. The SMILES string of the molecule is N#Cc1cc(N)cnc1N1CCOC2CCCC21. The molecule has 1 aliphatic heterocycles. The Bertz CT molecular complexity index is 496. The Labute approximate surface area is 106 Å². The lowest BCUT2D eigenvalue weighted by Crippen LogP contribution is -2.49. The first-order valence-corrected chi connectivity index (χ1v) is 6.33. The zero-order chi connectivity index (χ0) is 12.5. The highest BCUT2D eigenvalue weighted by molar-refractivity contribution is 5.59. The molecule has 2 atom stereocenters. The van der Waals surface area contributed by atoms with Crippen LogP contribution in [0.15, 0.2) is 12.3 Å². The number of hydrogen-bond acceptors (Lipinski definition) is 5. The summed E-state index contributed by atoms with van der Waals surface area (Å²) in [6, 6.07) is 4.25. The van der Waals surface area contributed by atoms with Crippen molar-refractivity contribution in [1.82, 2.24) is 4.98 Å². The van der Waals surface area contributed by atoms with Crippen LogP contribution in [0.4, 0.5) is 11.5 Å². The van der Waals surface area contributed by atoms with E-state index in [4.69, 9.17) is 10.5 Å². The van der Waals surface area contributed by atoms with E-state index in [0.29, 0.717) is 30.0 Å². The molecular weight excluding hydrogens is 228 g/mol. The van der Waals surface area contributed by atoms with E-state index in [0.717, 1.165) is 25.2 Å². The van der Waals surface area contributed by atoms with Gasteiger partial charge in [-0.05, 0) is 25.3 Å². The van der Waals surface area contributed by atoms with Gasteiger partial charge in [-0.1, -0.05) is 0 Å². The fourth-order valence-corrected chi connectivity index (χ4v) is 2.97. The fraction of sp³-hybridized carbons (Fsp3) is 0.538. The fourth-order valence-electron chi connectivity index (χ4n) is 2.97. The van der Waals surface area contributed by atoms with Gasteiger partial charge in [0.05, 0.1) is 36.2 Å². The quantitative estimate of drug-likeness (QED) is 0.805. The molecule has 0 bridgehead atoms. The average Bonchev–Trinajstić information content (AvgIpc) is 2.86. The molecule has 2 heterocycles. The zero-order valence-corrected chi connectivity index (χ0v) is 10.2. The van der Waals surface area contributed by atoms with Crippen molar-refractivity contribution < 1.29 is 4.74 Å². The van der Waals surface area contributed by atoms with Gasteiger partial charge in [0.15, 0.2) is 0 Å². The van der Waals surface area contributed by atoms with Crippen LogP contribution in [0, 0.1) is 11.3 Å². The maximum atomic E-state index is 9.21. The summed E-state index contributed by atoms with van der Waals surface area (Å²) in [5, 5.41) is 9.21. The molecule has 0 spiro atoms. The molecule has 3 rings (SSSR count). The third kappa shape index (κ3) is 1.79. The first kappa shape index (κ1) is 11.3. The lowest BCUT2D eigenvalue weighted by molar-refractivity contribution is 0.0253. The minimum Gasteiger partial charge on any atom is -0.397 e. The Morgan fingerprint density at radius 2 is 2.39 bits per heavy atom. The number of nitrogen functional groups attached to an aromatic ring is 1. The van der Waals surface area contributed by atoms with Gasteiger partial charge in [0.1, 0.15) is 11.9 Å². The van der Waals surface area contributed by atoms with E-state index < -0.39 is 0 Å². The molecule has 1 aromatic heterocycles. The standard InChI is InChI=1S/C13H16N4O/c14-7-9-6-10(15)8-16-13(9)17-4-5-18-12-3-1-2-11(12)17/h6,8,11-12H,1-5,15H2. The number of nitrogens with zero attached hydrogens (tertiary/aromatic N) is 3. The molecule has 2 N–H and O–H groups in total. The molecule has 5 heteroatoms. The monoisotopic (exact) mass is 244 g/mol. The van der Waals surface area contributed by atoms with Crippen molar-refractivity contribution >= 4 is 11.5 Å². The highest BCUT2D eigenvalue weighted by Gasteiger charge is 2.37. The molecule has 0 radical (unpaired) electrons. The highest BCUT2D eigenvalue weighted by atomic mass is 16.5. The van der Waals surface area contributed by atoms with Crippen molar-refractivity contribution in [2.45, 2.75) is 31.4 Å². The molecule has 2 unspecified atom stereocenters. The summed E-state index contributed by atoms with van der Waals surface area (Å²) in [6.45, 7) is 1.50. The van der Waals surface area contributed by atoms with E-state index in [9.17, 15) is 5.26 Å². The van der Waals surface area contributed by atoms with Gasteiger partial charge in [-0.25, -0.2) is 4.98 Å². The lowest BCUT2D eigenvalue weighted by Gasteiger charge is -2.38. The molecule has 94 valence electrons. The highest BCUT2D eigenvalue weighted by Crippen LogP contribution is 2.33. The second-order valence-corrected chi connectivity index (χ2v) is 4.85. The summed E-state index contributed by atoms with van der Waals surface area (Å²) in [4.78, 5) is 6.58. The number of nitriles is 1. The van der Waals surface area contributed by atoms with Crippen LogP contribution in [0.3, 0.4) is 0 Å². The normalized spacial score (nSPS) is 26.7. The molecule has 1 aromatic rings. The van der Waals surface area contributed by atoms with E-state index in [-0.39, 0.29) is 0 Å². The van der Waals surface area contributed by atoms with Crippen LogP contribution in [0.2, 0.25) is 0 Å². The number of morpholine rings is 1. The Morgan fingerprint density at radius 3 is 3.22 bits per heavy atom. The largest absolute Gasteiger partial charge is 0.397 e. The minimum absolute atomic E-state index is 0.296. The van der Waals surface area contributed by atoms with Gasteiger partial charge >= 0.3 is 0 Å². The molecule has 1 saturated heterocycles. The molecule has 1 saturated carbocycles. The van der Waals surface area contributed by atoms with E-state index in [1.165, 1.54) is 6.42 Å². The number of hydrogen-bond donors (Lipinski definition) is 1. The van der Waals surface area contributed by atoms with Crippen molar-refractivity contribution in [3.63, 3.8) is 0 Å². The number of anilines is 2. The number of rotatable bonds is 1. The van der Waals surface area contributed by atoms with Gasteiger partial charge < -0.3 is 15.4 Å². The van der Waals surface area contributed by atoms with Gasteiger partial charge in [-0.15, -0.1) is 0 Å². The van der Waals surface area contributed by atoms with Crippen LogP contribution in [0.25, 0.3) is 0 Å². The number of ether oxygens (including phenoxy) is 1. The number of nitrogens with two attached hydrogens (primary N) is 1. The lowest BCUT2D eigenvalue weighted by atomic mass is 10.1. The molecule has 1 aliphatic carbocycles. The molecule has 0 amide bonds. The summed E-state index contributed by atoms with van der Waals surface area (Å²) in [5.74, 6) is 0.756. The summed E-state index contributed by atoms with van der Waals surface area (Å²) >= 11 is 0. The average molecular weight is 244 g/mol. The number of pyridine rings is 1. The summed E-state index contributed by atoms with van der Waals surface area (Å²) < 4.78 is 5.77. The van der Waals surface area contributed by atoms with Gasteiger partial charge in [0, 0.05) is 6.54 Å². The Hall–Kier alpha value is -1.80. The molecule has 5 nitrogen and oxygen atoms in total. The van der Waals surface area contributed by atoms with Crippen LogP contribution in [-0.4, -0.2) is 30.3 Å². The van der Waals surface area contributed by atoms with Crippen LogP contribution in [-0.2, 0) is 4.74 Å². The van der Waals surface area contributed by atoms with Gasteiger partial charge in [-0.2, -0.15) is 5.26 Å². The van der Waals surface area contributed by atoms with Gasteiger partial charge in [0.2, 0.25) is 0 Å².